The fourth-order valence-electron chi connectivity index (χ4n) is 3.04. The Bertz CT molecular complexity index is 1070. The monoisotopic (exact) mass is 385 g/mol. The highest BCUT2D eigenvalue weighted by molar-refractivity contribution is 6.09. The number of benzene rings is 2. The van der Waals surface area contributed by atoms with Gasteiger partial charge in [0.05, 0.1) is 7.11 Å². The number of carbonyl (C=O) groups is 1. The molecule has 0 unspecified atom stereocenters. The summed E-state index contributed by atoms with van der Waals surface area (Å²) in [5, 5.41) is 12.2. The lowest BCUT2D eigenvalue weighted by molar-refractivity contribution is -0.112. The molecule has 5 heteroatoms. The lowest BCUT2D eigenvalue weighted by Crippen LogP contribution is -2.13. The Morgan fingerprint density at radius 1 is 1.17 bits per heavy atom. The number of amides is 1. The number of methoxy groups -OCH3 is 1. The van der Waals surface area contributed by atoms with E-state index < -0.39 is 5.91 Å². The molecule has 1 amide bonds. The molecule has 1 aromatic heterocycles. The molecular formula is C24H23N3O2. The number of nitriles is 1. The van der Waals surface area contributed by atoms with Crippen molar-refractivity contribution in [3.05, 3.63) is 83.2 Å². The largest absolute Gasteiger partial charge is 0.497 e. The average molecular weight is 385 g/mol. The first-order valence-electron chi connectivity index (χ1n) is 9.39. The van der Waals surface area contributed by atoms with Crippen LogP contribution in [0.2, 0.25) is 0 Å². The number of nitrogens with zero attached hydrogens (tertiary/aromatic N) is 2. The molecule has 0 fully saturated rings. The molecule has 0 bridgehead atoms. The summed E-state index contributed by atoms with van der Waals surface area (Å²) in [6.45, 7) is 4.05. The summed E-state index contributed by atoms with van der Waals surface area (Å²) in [7, 11) is 1.63. The molecule has 3 aromatic rings. The number of aromatic nitrogens is 1. The highest BCUT2D eigenvalue weighted by Crippen LogP contribution is 2.20. The Kier molecular flexibility index (Phi) is 6.16. The molecule has 0 aliphatic heterocycles. The molecule has 29 heavy (non-hydrogen) atoms. The molecule has 1 N–H and O–H groups in total. The summed E-state index contributed by atoms with van der Waals surface area (Å²) in [5.41, 5.74) is 4.66. The molecule has 0 saturated heterocycles. The molecule has 146 valence electrons. The summed E-state index contributed by atoms with van der Waals surface area (Å²) in [6, 6.07) is 19.2. The van der Waals surface area contributed by atoms with Crippen molar-refractivity contribution in [1.29, 1.82) is 5.26 Å². The molecule has 3 rings (SSSR count). The Hall–Kier alpha value is -3.78. The van der Waals surface area contributed by atoms with Crippen LogP contribution in [-0.2, 0) is 11.2 Å². The van der Waals surface area contributed by atoms with Gasteiger partial charge in [0.2, 0.25) is 0 Å². The zero-order chi connectivity index (χ0) is 20.8. The SMILES string of the molecule is CCc1ccc(NC(=O)/C(C#N)=C/c2cc(C)n(-c3ccc(OC)cc3)c2)cc1. The van der Waals surface area contributed by atoms with Crippen molar-refractivity contribution in [3.8, 4) is 17.5 Å². The first kappa shape index (κ1) is 20.0. The van der Waals surface area contributed by atoms with Gasteiger partial charge in [-0.15, -0.1) is 0 Å². The second-order valence-electron chi connectivity index (χ2n) is 6.66. The fraction of sp³-hybridized carbons (Fsp3) is 0.167. The Morgan fingerprint density at radius 2 is 1.86 bits per heavy atom. The van der Waals surface area contributed by atoms with Crippen LogP contribution < -0.4 is 10.1 Å². The second kappa shape index (κ2) is 8.94. The molecule has 1 heterocycles. The number of anilines is 1. The molecule has 0 radical (unpaired) electrons. The van der Waals surface area contributed by atoms with E-state index in [1.807, 2.05) is 78.4 Å². The maximum absolute atomic E-state index is 12.5. The molecule has 2 aromatic carbocycles. The van der Waals surface area contributed by atoms with Crippen molar-refractivity contribution in [2.45, 2.75) is 20.3 Å². The number of hydrogen-bond donors (Lipinski definition) is 1. The first-order chi connectivity index (χ1) is 14.0. The van der Waals surface area contributed by atoms with E-state index in [2.05, 4.69) is 12.2 Å². The number of aryl methyl sites for hydroxylation is 2. The zero-order valence-corrected chi connectivity index (χ0v) is 16.8. The molecule has 0 aliphatic carbocycles. The van der Waals surface area contributed by atoms with Crippen LogP contribution >= 0.6 is 0 Å². The summed E-state index contributed by atoms with van der Waals surface area (Å²) >= 11 is 0. The number of carbonyl (C=O) groups excluding carboxylic acids is 1. The minimum absolute atomic E-state index is 0.0523. The quantitative estimate of drug-likeness (QED) is 0.485. The summed E-state index contributed by atoms with van der Waals surface area (Å²) in [5.74, 6) is 0.362. The molecule has 0 aliphatic rings. The Labute approximate surface area is 170 Å². The van der Waals surface area contributed by atoms with Gasteiger partial charge in [0.1, 0.15) is 17.4 Å². The minimum Gasteiger partial charge on any atom is -0.497 e. The summed E-state index contributed by atoms with van der Waals surface area (Å²) in [6.07, 6.45) is 4.43. The van der Waals surface area contributed by atoms with E-state index in [4.69, 9.17) is 4.74 Å². The highest BCUT2D eigenvalue weighted by Gasteiger charge is 2.11. The molecule has 0 saturated carbocycles. The van der Waals surface area contributed by atoms with Gasteiger partial charge in [0.25, 0.3) is 5.91 Å². The standard InChI is InChI=1S/C24H23N3O2/c1-4-18-5-7-21(8-6-18)26-24(28)20(15-25)14-19-13-17(2)27(16-19)22-9-11-23(29-3)12-10-22/h5-14,16H,4H2,1-3H3,(H,26,28)/b20-14+. The van der Waals surface area contributed by atoms with E-state index in [9.17, 15) is 10.1 Å². The predicted molar refractivity (Wildman–Crippen MR) is 115 cm³/mol. The molecule has 0 atom stereocenters. The van der Waals surface area contributed by atoms with E-state index in [1.165, 1.54) is 5.56 Å². The third kappa shape index (κ3) is 4.74. The summed E-state index contributed by atoms with van der Waals surface area (Å²) < 4.78 is 7.20. The fourth-order valence-corrected chi connectivity index (χ4v) is 3.04. The van der Waals surface area contributed by atoms with Gasteiger partial charge in [0.15, 0.2) is 0 Å². The Balaban J connectivity index is 1.81. The number of ether oxygens (including phenoxy) is 1. The third-order valence-electron chi connectivity index (χ3n) is 4.68. The van der Waals surface area contributed by atoms with Crippen LogP contribution in [0.15, 0.2) is 66.4 Å². The van der Waals surface area contributed by atoms with E-state index in [0.717, 1.165) is 29.1 Å². The summed E-state index contributed by atoms with van der Waals surface area (Å²) in [4.78, 5) is 12.5. The van der Waals surface area contributed by atoms with Crippen molar-refractivity contribution in [2.24, 2.45) is 0 Å². The normalized spacial score (nSPS) is 11.0. The van der Waals surface area contributed by atoms with Crippen LogP contribution in [0.1, 0.15) is 23.7 Å². The van der Waals surface area contributed by atoms with E-state index in [0.29, 0.717) is 5.69 Å². The van der Waals surface area contributed by atoms with Crippen LogP contribution in [0.25, 0.3) is 11.8 Å². The van der Waals surface area contributed by atoms with E-state index in [-0.39, 0.29) is 5.57 Å². The molecule has 5 nitrogen and oxygen atoms in total. The van der Waals surface area contributed by atoms with Crippen molar-refractivity contribution in [2.75, 3.05) is 12.4 Å². The van der Waals surface area contributed by atoms with Crippen LogP contribution in [0.4, 0.5) is 5.69 Å². The van der Waals surface area contributed by atoms with Crippen LogP contribution in [0, 0.1) is 18.3 Å². The second-order valence-corrected chi connectivity index (χ2v) is 6.66. The molecule has 0 spiro atoms. The van der Waals surface area contributed by atoms with Gasteiger partial charge < -0.3 is 14.6 Å². The zero-order valence-electron chi connectivity index (χ0n) is 16.8. The Morgan fingerprint density at radius 3 is 2.45 bits per heavy atom. The third-order valence-corrected chi connectivity index (χ3v) is 4.68. The average Bonchev–Trinajstić information content (AvgIpc) is 3.12. The van der Waals surface area contributed by atoms with Crippen LogP contribution in [0.5, 0.6) is 5.75 Å². The van der Waals surface area contributed by atoms with E-state index >= 15 is 0 Å². The lowest BCUT2D eigenvalue weighted by Gasteiger charge is -2.07. The van der Waals surface area contributed by atoms with E-state index in [1.54, 1.807) is 13.2 Å². The smallest absolute Gasteiger partial charge is 0.266 e. The lowest BCUT2D eigenvalue weighted by atomic mass is 10.1. The van der Waals surface area contributed by atoms with Gasteiger partial charge in [-0.3, -0.25) is 4.79 Å². The number of nitrogens with one attached hydrogen (secondary N) is 1. The maximum atomic E-state index is 12.5. The number of rotatable bonds is 6. The number of hydrogen-bond acceptors (Lipinski definition) is 3. The van der Waals surface area contributed by atoms with Crippen LogP contribution in [-0.4, -0.2) is 17.6 Å². The van der Waals surface area contributed by atoms with Gasteiger partial charge in [-0.05, 0) is 73.0 Å². The van der Waals surface area contributed by atoms with Gasteiger partial charge in [-0.1, -0.05) is 19.1 Å². The van der Waals surface area contributed by atoms with Gasteiger partial charge >= 0.3 is 0 Å². The van der Waals surface area contributed by atoms with Crippen molar-refractivity contribution >= 4 is 17.7 Å². The topological polar surface area (TPSA) is 67.0 Å². The van der Waals surface area contributed by atoms with Gasteiger partial charge in [-0.2, -0.15) is 5.26 Å². The van der Waals surface area contributed by atoms with Gasteiger partial charge in [-0.25, -0.2) is 0 Å². The van der Waals surface area contributed by atoms with Crippen molar-refractivity contribution < 1.29 is 9.53 Å². The van der Waals surface area contributed by atoms with Crippen molar-refractivity contribution in [3.63, 3.8) is 0 Å². The van der Waals surface area contributed by atoms with Gasteiger partial charge in [0, 0.05) is 23.3 Å². The first-order valence-corrected chi connectivity index (χ1v) is 9.39. The highest BCUT2D eigenvalue weighted by atomic mass is 16.5. The predicted octanol–water partition coefficient (Wildman–Crippen LogP) is 4.90. The maximum Gasteiger partial charge on any atom is 0.266 e. The van der Waals surface area contributed by atoms with Crippen molar-refractivity contribution in [1.82, 2.24) is 4.57 Å². The van der Waals surface area contributed by atoms with Crippen LogP contribution in [0.3, 0.4) is 0 Å². The minimum atomic E-state index is -0.424. The molecular weight excluding hydrogens is 362 g/mol.